The molecule has 0 amide bonds. The van der Waals surface area contributed by atoms with Crippen LogP contribution in [0.1, 0.15) is 11.3 Å². The molecule has 0 aliphatic carbocycles. The summed E-state index contributed by atoms with van der Waals surface area (Å²) in [6.45, 7) is 5.37. The number of nitrogens with zero attached hydrogens (tertiary/aromatic N) is 2. The molecule has 0 saturated heterocycles. The molecule has 0 fully saturated rings. The van der Waals surface area contributed by atoms with Gasteiger partial charge in [0.15, 0.2) is 0 Å². The van der Waals surface area contributed by atoms with Crippen molar-refractivity contribution in [3.63, 3.8) is 0 Å². The molecule has 0 radical (unpaired) electrons. The van der Waals surface area contributed by atoms with Gasteiger partial charge in [0.2, 0.25) is 5.95 Å². The maximum absolute atomic E-state index is 5.01. The number of aromatic nitrogens is 2. The lowest BCUT2D eigenvalue weighted by atomic mass is 10.2. The van der Waals surface area contributed by atoms with Crippen LogP contribution >= 0.6 is 0 Å². The third-order valence-electron chi connectivity index (χ3n) is 2.74. The fourth-order valence-corrected chi connectivity index (χ4v) is 1.85. The first-order valence-electron chi connectivity index (χ1n) is 6.59. The second kappa shape index (κ2) is 6.86. The maximum atomic E-state index is 5.01. The summed E-state index contributed by atoms with van der Waals surface area (Å²) in [7, 11) is 1.68. The first kappa shape index (κ1) is 14.3. The number of rotatable bonds is 6. The van der Waals surface area contributed by atoms with Gasteiger partial charge in [-0.15, -0.1) is 0 Å². The molecule has 5 heteroatoms. The van der Waals surface area contributed by atoms with Crippen molar-refractivity contribution < 1.29 is 4.74 Å². The van der Waals surface area contributed by atoms with Gasteiger partial charge in [-0.2, -0.15) is 4.98 Å². The van der Waals surface area contributed by atoms with Crippen molar-refractivity contribution >= 4 is 17.5 Å². The monoisotopic (exact) mass is 272 g/mol. The molecule has 2 aromatic rings. The molecule has 2 rings (SSSR count). The summed E-state index contributed by atoms with van der Waals surface area (Å²) in [5.74, 6) is 1.39. The van der Waals surface area contributed by atoms with Crippen LogP contribution in [0.5, 0.6) is 0 Å². The highest BCUT2D eigenvalue weighted by atomic mass is 16.5. The number of ether oxygens (including phenoxy) is 1. The number of nitrogens with one attached hydrogen (secondary N) is 2. The summed E-state index contributed by atoms with van der Waals surface area (Å²) in [5, 5.41) is 6.43. The number of aryl methyl sites for hydroxylation is 2. The van der Waals surface area contributed by atoms with Gasteiger partial charge in [0.25, 0.3) is 0 Å². The fraction of sp³-hybridized carbons (Fsp3) is 0.333. The number of anilines is 3. The standard InChI is InChI=1S/C15H20N4O/c1-11-5-4-6-13(9-11)18-15-17-12(2)10-14(19-15)16-7-8-20-3/h4-6,9-10H,7-8H2,1-3H3,(H2,16,17,18,19). The van der Waals surface area contributed by atoms with Crippen LogP contribution in [-0.2, 0) is 4.74 Å². The van der Waals surface area contributed by atoms with E-state index in [4.69, 9.17) is 4.74 Å². The molecule has 0 aliphatic rings. The molecule has 1 aromatic carbocycles. The van der Waals surface area contributed by atoms with Crippen LogP contribution < -0.4 is 10.6 Å². The molecule has 0 bridgehead atoms. The number of methoxy groups -OCH3 is 1. The van der Waals surface area contributed by atoms with Crippen molar-refractivity contribution in [2.45, 2.75) is 13.8 Å². The van der Waals surface area contributed by atoms with E-state index in [1.807, 2.05) is 25.1 Å². The minimum atomic E-state index is 0.593. The van der Waals surface area contributed by atoms with Crippen LogP contribution in [0.2, 0.25) is 0 Å². The van der Waals surface area contributed by atoms with Crippen LogP contribution in [0.3, 0.4) is 0 Å². The predicted molar refractivity (Wildman–Crippen MR) is 81.6 cm³/mol. The zero-order chi connectivity index (χ0) is 14.4. The van der Waals surface area contributed by atoms with E-state index >= 15 is 0 Å². The second-order valence-electron chi connectivity index (χ2n) is 4.63. The summed E-state index contributed by atoms with van der Waals surface area (Å²) in [4.78, 5) is 8.84. The van der Waals surface area contributed by atoms with Crippen LogP contribution in [0, 0.1) is 13.8 Å². The van der Waals surface area contributed by atoms with E-state index in [0.717, 1.165) is 23.7 Å². The van der Waals surface area contributed by atoms with Crippen molar-refractivity contribution in [1.82, 2.24) is 9.97 Å². The number of hydrogen-bond acceptors (Lipinski definition) is 5. The molecule has 0 unspecified atom stereocenters. The summed E-state index contributed by atoms with van der Waals surface area (Å²) in [6, 6.07) is 10.0. The normalized spacial score (nSPS) is 10.3. The number of hydrogen-bond donors (Lipinski definition) is 2. The molecule has 0 saturated carbocycles. The minimum Gasteiger partial charge on any atom is -0.383 e. The Morgan fingerprint density at radius 1 is 1.15 bits per heavy atom. The molecule has 0 atom stereocenters. The first-order valence-corrected chi connectivity index (χ1v) is 6.59. The van der Waals surface area contributed by atoms with Crippen LogP contribution in [0.25, 0.3) is 0 Å². The average molecular weight is 272 g/mol. The lowest BCUT2D eigenvalue weighted by molar-refractivity contribution is 0.210. The van der Waals surface area contributed by atoms with E-state index in [1.54, 1.807) is 7.11 Å². The van der Waals surface area contributed by atoms with E-state index < -0.39 is 0 Å². The van der Waals surface area contributed by atoms with Crippen LogP contribution in [0.15, 0.2) is 30.3 Å². The molecule has 106 valence electrons. The van der Waals surface area contributed by atoms with E-state index in [1.165, 1.54) is 5.56 Å². The Hall–Kier alpha value is -2.14. The van der Waals surface area contributed by atoms with Gasteiger partial charge >= 0.3 is 0 Å². The van der Waals surface area contributed by atoms with E-state index in [0.29, 0.717) is 12.6 Å². The Balaban J connectivity index is 2.11. The summed E-state index contributed by atoms with van der Waals surface area (Å²) in [5.41, 5.74) is 3.09. The van der Waals surface area contributed by atoms with Gasteiger partial charge in [0.1, 0.15) is 5.82 Å². The molecular weight excluding hydrogens is 252 g/mol. The molecule has 1 aromatic heterocycles. The Kier molecular flexibility index (Phi) is 4.90. The van der Waals surface area contributed by atoms with E-state index in [9.17, 15) is 0 Å². The van der Waals surface area contributed by atoms with Gasteiger partial charge in [-0.05, 0) is 31.5 Å². The summed E-state index contributed by atoms with van der Waals surface area (Å²) < 4.78 is 5.01. The molecule has 5 nitrogen and oxygen atoms in total. The van der Waals surface area contributed by atoms with Gasteiger partial charge in [-0.25, -0.2) is 4.98 Å². The average Bonchev–Trinajstić information content (AvgIpc) is 2.38. The second-order valence-corrected chi connectivity index (χ2v) is 4.63. The SMILES string of the molecule is COCCNc1cc(C)nc(Nc2cccc(C)c2)n1. The topological polar surface area (TPSA) is 59.1 Å². The smallest absolute Gasteiger partial charge is 0.229 e. The highest BCUT2D eigenvalue weighted by molar-refractivity contribution is 5.56. The summed E-state index contributed by atoms with van der Waals surface area (Å²) in [6.07, 6.45) is 0. The predicted octanol–water partition coefficient (Wildman–Crippen LogP) is 2.90. The number of benzene rings is 1. The largest absolute Gasteiger partial charge is 0.383 e. The Morgan fingerprint density at radius 3 is 2.75 bits per heavy atom. The van der Waals surface area contributed by atoms with E-state index in [-0.39, 0.29) is 0 Å². The molecular formula is C15H20N4O. The van der Waals surface area contributed by atoms with Crippen molar-refractivity contribution in [3.8, 4) is 0 Å². The Bertz CT molecular complexity index is 572. The zero-order valence-electron chi connectivity index (χ0n) is 12.1. The minimum absolute atomic E-state index is 0.593. The zero-order valence-corrected chi connectivity index (χ0v) is 12.1. The van der Waals surface area contributed by atoms with Gasteiger partial charge < -0.3 is 15.4 Å². The van der Waals surface area contributed by atoms with Crippen LogP contribution in [0.4, 0.5) is 17.5 Å². The molecule has 1 heterocycles. The van der Waals surface area contributed by atoms with Crippen molar-refractivity contribution in [1.29, 1.82) is 0 Å². The van der Waals surface area contributed by atoms with Gasteiger partial charge in [-0.1, -0.05) is 12.1 Å². The Morgan fingerprint density at radius 2 is 2.00 bits per heavy atom. The lowest BCUT2D eigenvalue weighted by Crippen LogP contribution is -2.10. The van der Waals surface area contributed by atoms with E-state index in [2.05, 4.69) is 39.7 Å². The van der Waals surface area contributed by atoms with Gasteiger partial charge in [0, 0.05) is 31.1 Å². The highest BCUT2D eigenvalue weighted by Crippen LogP contribution is 2.16. The van der Waals surface area contributed by atoms with Gasteiger partial charge in [-0.3, -0.25) is 0 Å². The molecule has 0 spiro atoms. The lowest BCUT2D eigenvalue weighted by Gasteiger charge is -2.10. The van der Waals surface area contributed by atoms with Crippen molar-refractivity contribution in [2.75, 3.05) is 30.9 Å². The maximum Gasteiger partial charge on any atom is 0.229 e. The van der Waals surface area contributed by atoms with Crippen molar-refractivity contribution in [2.24, 2.45) is 0 Å². The van der Waals surface area contributed by atoms with Crippen LogP contribution in [-0.4, -0.2) is 30.2 Å². The molecule has 2 N–H and O–H groups in total. The van der Waals surface area contributed by atoms with Crippen molar-refractivity contribution in [3.05, 3.63) is 41.6 Å². The Labute approximate surface area is 119 Å². The van der Waals surface area contributed by atoms with Gasteiger partial charge in [0.05, 0.1) is 6.61 Å². The summed E-state index contributed by atoms with van der Waals surface area (Å²) >= 11 is 0. The highest BCUT2D eigenvalue weighted by Gasteiger charge is 2.02. The molecule has 0 aliphatic heterocycles. The third kappa shape index (κ3) is 4.20. The first-order chi connectivity index (χ1) is 9.67. The quantitative estimate of drug-likeness (QED) is 0.792. The third-order valence-corrected chi connectivity index (χ3v) is 2.74. The molecule has 20 heavy (non-hydrogen) atoms. The fourth-order valence-electron chi connectivity index (χ4n) is 1.85.